The molecule has 0 saturated heterocycles. The summed E-state index contributed by atoms with van der Waals surface area (Å²) in [6.07, 6.45) is 0. The van der Waals surface area contributed by atoms with Crippen molar-refractivity contribution in [3.05, 3.63) is 47.5 Å². The first-order chi connectivity index (χ1) is 12.8. The molecular weight excluding hydrogens is 350 g/mol. The van der Waals surface area contributed by atoms with Crippen LogP contribution in [0.1, 0.15) is 34.6 Å². The maximum atomic E-state index is 12.5. The molecule has 0 saturated carbocycles. The maximum absolute atomic E-state index is 12.5. The standard InChI is InChI=1S/C20H23NO6/c1-12(2)11-27-15-7-5-13(6-8-15)19(22)21-16-9-14(20(23)24)10-17(25-3)18(16)26-4/h5-10,12H,11H2,1-4H3,(H,21,22)(H,23,24). The second-order valence-electron chi connectivity index (χ2n) is 6.25. The molecule has 2 rings (SSSR count). The number of anilines is 1. The van der Waals surface area contributed by atoms with Crippen LogP contribution in [0.4, 0.5) is 5.69 Å². The third-order valence-electron chi connectivity index (χ3n) is 3.67. The summed E-state index contributed by atoms with van der Waals surface area (Å²) < 4.78 is 16.0. The first-order valence-electron chi connectivity index (χ1n) is 8.39. The summed E-state index contributed by atoms with van der Waals surface area (Å²) in [4.78, 5) is 23.8. The van der Waals surface area contributed by atoms with E-state index in [0.29, 0.717) is 23.8 Å². The van der Waals surface area contributed by atoms with Gasteiger partial charge in [-0.1, -0.05) is 13.8 Å². The minimum absolute atomic E-state index is 0.0274. The van der Waals surface area contributed by atoms with Gasteiger partial charge in [-0.15, -0.1) is 0 Å². The Morgan fingerprint density at radius 1 is 1.04 bits per heavy atom. The van der Waals surface area contributed by atoms with Crippen LogP contribution in [0.2, 0.25) is 0 Å². The minimum Gasteiger partial charge on any atom is -0.493 e. The van der Waals surface area contributed by atoms with Crippen LogP contribution in [0.5, 0.6) is 17.2 Å². The fourth-order valence-corrected chi connectivity index (χ4v) is 2.34. The van der Waals surface area contributed by atoms with E-state index >= 15 is 0 Å². The first-order valence-corrected chi connectivity index (χ1v) is 8.39. The topological polar surface area (TPSA) is 94.1 Å². The molecule has 1 amide bonds. The number of nitrogens with one attached hydrogen (secondary N) is 1. The lowest BCUT2D eigenvalue weighted by Crippen LogP contribution is -2.14. The Bertz CT molecular complexity index is 814. The molecule has 0 aromatic heterocycles. The third kappa shape index (κ3) is 5.13. The Labute approximate surface area is 157 Å². The highest BCUT2D eigenvalue weighted by Gasteiger charge is 2.18. The van der Waals surface area contributed by atoms with Crippen LogP contribution in [-0.4, -0.2) is 37.8 Å². The smallest absolute Gasteiger partial charge is 0.335 e. The van der Waals surface area contributed by atoms with Crippen LogP contribution >= 0.6 is 0 Å². The monoisotopic (exact) mass is 373 g/mol. The highest BCUT2D eigenvalue weighted by Crippen LogP contribution is 2.37. The molecule has 2 aromatic rings. The van der Waals surface area contributed by atoms with Crippen molar-refractivity contribution >= 4 is 17.6 Å². The molecule has 0 heterocycles. The second kappa shape index (κ2) is 8.93. The summed E-state index contributed by atoms with van der Waals surface area (Å²) in [5, 5.41) is 11.9. The predicted octanol–water partition coefficient (Wildman–Crippen LogP) is 3.69. The van der Waals surface area contributed by atoms with E-state index in [1.54, 1.807) is 24.3 Å². The molecule has 0 aliphatic heterocycles. The lowest BCUT2D eigenvalue weighted by molar-refractivity contribution is 0.0696. The molecule has 0 radical (unpaired) electrons. The molecule has 0 bridgehead atoms. The van der Waals surface area contributed by atoms with Crippen molar-refractivity contribution in [2.45, 2.75) is 13.8 Å². The summed E-state index contributed by atoms with van der Waals surface area (Å²) in [6, 6.07) is 9.34. The van der Waals surface area contributed by atoms with Gasteiger partial charge in [0.1, 0.15) is 5.75 Å². The number of aromatic carboxylic acids is 1. The van der Waals surface area contributed by atoms with Crippen molar-refractivity contribution in [2.24, 2.45) is 5.92 Å². The SMILES string of the molecule is COc1cc(C(=O)O)cc(NC(=O)c2ccc(OCC(C)C)cc2)c1OC. The zero-order valence-corrected chi connectivity index (χ0v) is 15.7. The number of hydrogen-bond donors (Lipinski definition) is 2. The number of carbonyl (C=O) groups excluding carboxylic acids is 1. The molecule has 2 N–H and O–H groups in total. The fourth-order valence-electron chi connectivity index (χ4n) is 2.34. The Hall–Kier alpha value is -3.22. The largest absolute Gasteiger partial charge is 0.493 e. The van der Waals surface area contributed by atoms with E-state index in [0.717, 1.165) is 0 Å². The molecule has 0 unspecified atom stereocenters. The third-order valence-corrected chi connectivity index (χ3v) is 3.67. The molecule has 7 nitrogen and oxygen atoms in total. The van der Waals surface area contributed by atoms with Gasteiger partial charge in [-0.3, -0.25) is 4.79 Å². The number of amides is 1. The van der Waals surface area contributed by atoms with Gasteiger partial charge in [0.15, 0.2) is 11.5 Å². The lowest BCUT2D eigenvalue weighted by atomic mass is 10.1. The molecule has 0 aliphatic rings. The van der Waals surface area contributed by atoms with Gasteiger partial charge in [0, 0.05) is 5.56 Å². The normalized spacial score (nSPS) is 10.4. The van der Waals surface area contributed by atoms with E-state index in [9.17, 15) is 14.7 Å². The molecule has 0 fully saturated rings. The first kappa shape index (κ1) is 20.1. The Morgan fingerprint density at radius 3 is 2.22 bits per heavy atom. The highest BCUT2D eigenvalue weighted by atomic mass is 16.5. The number of ether oxygens (including phenoxy) is 3. The molecule has 144 valence electrons. The van der Waals surface area contributed by atoms with Gasteiger partial charge in [0.25, 0.3) is 5.91 Å². The Kier molecular flexibility index (Phi) is 6.65. The van der Waals surface area contributed by atoms with Crippen LogP contribution in [0, 0.1) is 5.92 Å². The zero-order chi connectivity index (χ0) is 20.0. The van der Waals surface area contributed by atoms with E-state index in [-0.39, 0.29) is 22.7 Å². The molecule has 27 heavy (non-hydrogen) atoms. The number of carboxylic acids is 1. The van der Waals surface area contributed by atoms with E-state index in [1.807, 2.05) is 0 Å². The number of rotatable bonds is 8. The van der Waals surface area contributed by atoms with E-state index in [4.69, 9.17) is 14.2 Å². The summed E-state index contributed by atoms with van der Waals surface area (Å²) in [7, 11) is 2.81. The number of benzene rings is 2. The maximum Gasteiger partial charge on any atom is 0.335 e. The fraction of sp³-hybridized carbons (Fsp3) is 0.300. The van der Waals surface area contributed by atoms with E-state index < -0.39 is 11.9 Å². The van der Waals surface area contributed by atoms with E-state index in [2.05, 4.69) is 19.2 Å². The quantitative estimate of drug-likeness (QED) is 0.733. The van der Waals surface area contributed by atoms with Crippen LogP contribution < -0.4 is 19.5 Å². The van der Waals surface area contributed by atoms with Gasteiger partial charge in [-0.2, -0.15) is 0 Å². The van der Waals surface area contributed by atoms with Crippen molar-refractivity contribution in [2.75, 3.05) is 26.1 Å². The van der Waals surface area contributed by atoms with Gasteiger partial charge in [-0.25, -0.2) is 4.79 Å². The predicted molar refractivity (Wildman–Crippen MR) is 101 cm³/mol. The number of hydrogen-bond acceptors (Lipinski definition) is 5. The zero-order valence-electron chi connectivity index (χ0n) is 15.7. The van der Waals surface area contributed by atoms with Gasteiger partial charge >= 0.3 is 5.97 Å². The summed E-state index contributed by atoms with van der Waals surface area (Å²) in [6.45, 7) is 4.69. The number of methoxy groups -OCH3 is 2. The highest BCUT2D eigenvalue weighted by molar-refractivity contribution is 6.06. The van der Waals surface area contributed by atoms with Gasteiger partial charge in [0.05, 0.1) is 32.1 Å². The van der Waals surface area contributed by atoms with Crippen LogP contribution in [0.25, 0.3) is 0 Å². The lowest BCUT2D eigenvalue weighted by Gasteiger charge is -2.15. The van der Waals surface area contributed by atoms with Crippen molar-refractivity contribution in [1.82, 2.24) is 0 Å². The Morgan fingerprint density at radius 2 is 1.70 bits per heavy atom. The number of carbonyl (C=O) groups is 2. The number of carboxylic acid groups (broad SMARTS) is 1. The molecule has 2 aromatic carbocycles. The Balaban J connectivity index is 2.24. The van der Waals surface area contributed by atoms with Crippen molar-refractivity contribution in [3.8, 4) is 17.2 Å². The molecule has 0 aliphatic carbocycles. The van der Waals surface area contributed by atoms with Crippen molar-refractivity contribution in [3.63, 3.8) is 0 Å². The van der Waals surface area contributed by atoms with Crippen LogP contribution in [0.3, 0.4) is 0 Å². The van der Waals surface area contributed by atoms with Crippen molar-refractivity contribution in [1.29, 1.82) is 0 Å². The summed E-state index contributed by atoms with van der Waals surface area (Å²) in [5.74, 6) is -0.0198. The molecular formula is C20H23NO6. The minimum atomic E-state index is -1.14. The summed E-state index contributed by atoms with van der Waals surface area (Å²) in [5.41, 5.74) is 0.577. The summed E-state index contributed by atoms with van der Waals surface area (Å²) >= 11 is 0. The average molecular weight is 373 g/mol. The molecule has 0 atom stereocenters. The van der Waals surface area contributed by atoms with Gasteiger partial charge in [-0.05, 0) is 42.3 Å². The van der Waals surface area contributed by atoms with Crippen LogP contribution in [0.15, 0.2) is 36.4 Å². The van der Waals surface area contributed by atoms with Crippen LogP contribution in [-0.2, 0) is 0 Å². The van der Waals surface area contributed by atoms with Crippen molar-refractivity contribution < 1.29 is 28.9 Å². The second-order valence-corrected chi connectivity index (χ2v) is 6.25. The molecule has 0 spiro atoms. The average Bonchev–Trinajstić information content (AvgIpc) is 2.65. The van der Waals surface area contributed by atoms with E-state index in [1.165, 1.54) is 26.4 Å². The molecule has 7 heteroatoms. The van der Waals surface area contributed by atoms with Gasteiger partial charge < -0.3 is 24.6 Å². The van der Waals surface area contributed by atoms with Gasteiger partial charge in [0.2, 0.25) is 0 Å².